The highest BCUT2D eigenvalue weighted by Crippen LogP contribution is 2.33. The maximum absolute atomic E-state index is 13.0. The molecule has 4 rings (SSSR count). The van der Waals surface area contributed by atoms with E-state index in [1.165, 1.54) is 5.56 Å². The van der Waals surface area contributed by atoms with Crippen molar-refractivity contribution >= 4 is 5.91 Å². The number of carbonyl (C=O) groups excluding carboxylic acids is 1. The van der Waals surface area contributed by atoms with Crippen molar-refractivity contribution < 1.29 is 9.53 Å². The molecule has 1 N–H and O–H groups in total. The fourth-order valence-electron chi connectivity index (χ4n) is 3.90. The predicted molar refractivity (Wildman–Crippen MR) is 112 cm³/mol. The normalized spacial score (nSPS) is 15.6. The van der Waals surface area contributed by atoms with Crippen molar-refractivity contribution in [1.29, 1.82) is 0 Å². The maximum Gasteiger partial charge on any atom is 0.221 e. The lowest BCUT2D eigenvalue weighted by molar-refractivity contribution is -0.122. The Kier molecular flexibility index (Phi) is 5.43. The van der Waals surface area contributed by atoms with Crippen molar-refractivity contribution in [3.8, 4) is 5.75 Å². The van der Waals surface area contributed by atoms with E-state index in [4.69, 9.17) is 4.74 Å². The molecule has 0 radical (unpaired) electrons. The minimum absolute atomic E-state index is 0.00310. The largest absolute Gasteiger partial charge is 0.493 e. The molecule has 0 saturated carbocycles. The summed E-state index contributed by atoms with van der Waals surface area (Å²) in [6, 6.07) is 26.7. The molecule has 0 bridgehead atoms. The van der Waals surface area contributed by atoms with Gasteiger partial charge in [0.1, 0.15) is 5.75 Å². The van der Waals surface area contributed by atoms with E-state index >= 15 is 0 Å². The number of benzene rings is 3. The molecule has 3 aromatic rings. The molecule has 1 aliphatic rings. The van der Waals surface area contributed by atoms with Gasteiger partial charge in [0.2, 0.25) is 5.91 Å². The minimum atomic E-state index is 0.00310. The van der Waals surface area contributed by atoms with E-state index in [0.29, 0.717) is 13.0 Å². The van der Waals surface area contributed by atoms with Gasteiger partial charge in [0.15, 0.2) is 0 Å². The standard InChI is InChI=1S/C25H25NO2/c1-18-12-13-24-22(16-18)23(14-15-28-24)26-25(27)17-21(19-8-4-2-5-9-19)20-10-6-3-7-11-20/h2-13,16,21,23H,14-15,17H2,1H3,(H,26,27). The Morgan fingerprint density at radius 1 is 1.00 bits per heavy atom. The molecule has 3 heteroatoms. The van der Waals surface area contributed by atoms with Crippen LogP contribution < -0.4 is 10.1 Å². The zero-order valence-electron chi connectivity index (χ0n) is 16.1. The summed E-state index contributed by atoms with van der Waals surface area (Å²) in [7, 11) is 0. The van der Waals surface area contributed by atoms with Crippen LogP contribution in [-0.2, 0) is 4.79 Å². The Morgan fingerprint density at radius 2 is 1.64 bits per heavy atom. The first kappa shape index (κ1) is 18.3. The molecule has 3 nitrogen and oxygen atoms in total. The highest BCUT2D eigenvalue weighted by atomic mass is 16.5. The first-order valence-electron chi connectivity index (χ1n) is 9.83. The van der Waals surface area contributed by atoms with Crippen molar-refractivity contribution in [3.63, 3.8) is 0 Å². The number of hydrogen-bond donors (Lipinski definition) is 1. The van der Waals surface area contributed by atoms with Crippen LogP contribution in [0.4, 0.5) is 0 Å². The third kappa shape index (κ3) is 4.09. The molecule has 1 amide bonds. The Hall–Kier alpha value is -3.07. The summed E-state index contributed by atoms with van der Waals surface area (Å²) in [6.45, 7) is 2.69. The van der Waals surface area contributed by atoms with E-state index in [0.717, 1.165) is 28.9 Å². The van der Waals surface area contributed by atoms with E-state index < -0.39 is 0 Å². The number of fused-ring (bicyclic) bond motifs is 1. The van der Waals surface area contributed by atoms with Gasteiger partial charge in [-0.25, -0.2) is 0 Å². The smallest absolute Gasteiger partial charge is 0.221 e. The van der Waals surface area contributed by atoms with Crippen LogP contribution in [0, 0.1) is 6.92 Å². The van der Waals surface area contributed by atoms with Crippen molar-refractivity contribution in [3.05, 3.63) is 101 Å². The first-order valence-corrected chi connectivity index (χ1v) is 9.83. The average molecular weight is 371 g/mol. The molecular formula is C25H25NO2. The third-order valence-corrected chi connectivity index (χ3v) is 5.33. The fourth-order valence-corrected chi connectivity index (χ4v) is 3.90. The lowest BCUT2D eigenvalue weighted by atomic mass is 9.88. The average Bonchev–Trinajstić information content (AvgIpc) is 2.74. The van der Waals surface area contributed by atoms with E-state index in [-0.39, 0.29) is 17.9 Å². The van der Waals surface area contributed by atoms with Crippen LogP contribution in [0.1, 0.15) is 47.1 Å². The molecule has 0 spiro atoms. The molecule has 0 aliphatic carbocycles. The lowest BCUT2D eigenvalue weighted by Crippen LogP contribution is -2.33. The first-order chi connectivity index (χ1) is 13.7. The molecule has 3 aromatic carbocycles. The maximum atomic E-state index is 13.0. The summed E-state index contributed by atoms with van der Waals surface area (Å²) < 4.78 is 5.76. The van der Waals surface area contributed by atoms with Gasteiger partial charge in [-0.3, -0.25) is 4.79 Å². The van der Waals surface area contributed by atoms with Gasteiger partial charge in [0.05, 0.1) is 12.6 Å². The van der Waals surface area contributed by atoms with Gasteiger partial charge < -0.3 is 10.1 Å². The Labute approximate surface area is 166 Å². The second kappa shape index (κ2) is 8.30. The molecule has 1 heterocycles. The van der Waals surface area contributed by atoms with Crippen LogP contribution in [0.25, 0.3) is 0 Å². The summed E-state index contributed by atoms with van der Waals surface area (Å²) in [5.74, 6) is 0.987. The van der Waals surface area contributed by atoms with Crippen molar-refractivity contribution in [1.82, 2.24) is 5.32 Å². The van der Waals surface area contributed by atoms with Gasteiger partial charge in [-0.15, -0.1) is 0 Å². The van der Waals surface area contributed by atoms with Crippen LogP contribution >= 0.6 is 0 Å². The van der Waals surface area contributed by atoms with Gasteiger partial charge in [0.25, 0.3) is 0 Å². The Morgan fingerprint density at radius 3 is 2.29 bits per heavy atom. The molecular weight excluding hydrogens is 346 g/mol. The van der Waals surface area contributed by atoms with Gasteiger partial charge in [-0.1, -0.05) is 78.4 Å². The van der Waals surface area contributed by atoms with Crippen LogP contribution in [0.15, 0.2) is 78.9 Å². The highest BCUT2D eigenvalue weighted by Gasteiger charge is 2.25. The molecule has 28 heavy (non-hydrogen) atoms. The van der Waals surface area contributed by atoms with Crippen LogP contribution in [0.2, 0.25) is 0 Å². The van der Waals surface area contributed by atoms with E-state index in [9.17, 15) is 4.79 Å². The molecule has 1 unspecified atom stereocenters. The SMILES string of the molecule is Cc1ccc2c(c1)C(NC(=O)CC(c1ccccc1)c1ccccc1)CCO2. The number of nitrogens with one attached hydrogen (secondary N) is 1. The summed E-state index contributed by atoms with van der Waals surface area (Å²) >= 11 is 0. The van der Waals surface area contributed by atoms with Gasteiger partial charge >= 0.3 is 0 Å². The van der Waals surface area contributed by atoms with Crippen molar-refractivity contribution in [2.24, 2.45) is 0 Å². The lowest BCUT2D eigenvalue weighted by Gasteiger charge is -2.28. The molecule has 0 fully saturated rings. The molecule has 1 atom stereocenters. The number of aryl methyl sites for hydroxylation is 1. The number of amides is 1. The number of ether oxygens (including phenoxy) is 1. The van der Waals surface area contributed by atoms with Crippen LogP contribution in [0.5, 0.6) is 5.75 Å². The number of rotatable bonds is 5. The van der Waals surface area contributed by atoms with Gasteiger partial charge in [-0.2, -0.15) is 0 Å². The van der Waals surface area contributed by atoms with Gasteiger partial charge in [0, 0.05) is 24.3 Å². The van der Waals surface area contributed by atoms with Crippen molar-refractivity contribution in [2.45, 2.75) is 31.7 Å². The summed E-state index contributed by atoms with van der Waals surface area (Å²) in [5, 5.41) is 3.25. The van der Waals surface area contributed by atoms with Crippen LogP contribution in [-0.4, -0.2) is 12.5 Å². The quantitative estimate of drug-likeness (QED) is 0.673. The van der Waals surface area contributed by atoms with E-state index in [2.05, 4.69) is 42.6 Å². The molecule has 1 aliphatic heterocycles. The third-order valence-electron chi connectivity index (χ3n) is 5.33. The highest BCUT2D eigenvalue weighted by molar-refractivity contribution is 5.78. The minimum Gasteiger partial charge on any atom is -0.493 e. The summed E-state index contributed by atoms with van der Waals surface area (Å²) in [4.78, 5) is 13.0. The predicted octanol–water partition coefficient (Wildman–Crippen LogP) is 5.16. The Bertz CT molecular complexity index is 898. The summed E-state index contributed by atoms with van der Waals surface area (Å²) in [6.07, 6.45) is 1.22. The summed E-state index contributed by atoms with van der Waals surface area (Å²) in [5.41, 5.74) is 4.57. The number of hydrogen-bond acceptors (Lipinski definition) is 2. The zero-order valence-corrected chi connectivity index (χ0v) is 16.1. The second-order valence-electron chi connectivity index (χ2n) is 7.38. The molecule has 0 saturated heterocycles. The topological polar surface area (TPSA) is 38.3 Å². The number of carbonyl (C=O) groups is 1. The fraction of sp³-hybridized carbons (Fsp3) is 0.240. The monoisotopic (exact) mass is 371 g/mol. The van der Waals surface area contributed by atoms with E-state index in [1.54, 1.807) is 0 Å². The molecule has 142 valence electrons. The van der Waals surface area contributed by atoms with Gasteiger partial charge in [-0.05, 0) is 24.1 Å². The zero-order chi connectivity index (χ0) is 19.3. The van der Waals surface area contributed by atoms with Crippen LogP contribution in [0.3, 0.4) is 0 Å². The molecule has 0 aromatic heterocycles. The second-order valence-corrected chi connectivity index (χ2v) is 7.38. The van der Waals surface area contributed by atoms with E-state index in [1.807, 2.05) is 48.5 Å². The Balaban J connectivity index is 1.54. The van der Waals surface area contributed by atoms with Crippen molar-refractivity contribution in [2.75, 3.05) is 6.61 Å².